The van der Waals surface area contributed by atoms with Crippen LogP contribution in [-0.4, -0.2) is 34.0 Å². The summed E-state index contributed by atoms with van der Waals surface area (Å²) in [4.78, 5) is 26.4. The molecule has 3 rings (SSSR count). The average molecular weight is 291 g/mol. The normalized spacial score (nSPS) is 13.6. The molecular weight excluding hydrogens is 280 g/mol. The summed E-state index contributed by atoms with van der Waals surface area (Å²) in [6.07, 6.45) is 3.05. The number of rotatable bonds is 1. The number of carbonyl (C=O) groups excluding carboxylic acids is 1. The van der Waals surface area contributed by atoms with Crippen LogP contribution in [0.15, 0.2) is 24.5 Å². The predicted molar refractivity (Wildman–Crippen MR) is 73.2 cm³/mol. The van der Waals surface area contributed by atoms with Gasteiger partial charge in [0.15, 0.2) is 5.69 Å². The smallest absolute Gasteiger partial charge is 0.278 e. The lowest BCUT2D eigenvalue weighted by Gasteiger charge is -2.28. The molecule has 7 heteroatoms. The fourth-order valence-electron chi connectivity index (χ4n) is 2.00. The van der Waals surface area contributed by atoms with Crippen LogP contribution in [-0.2, 0) is 0 Å². The Morgan fingerprint density at radius 3 is 3.15 bits per heavy atom. The van der Waals surface area contributed by atoms with Crippen LogP contribution in [0.25, 0.3) is 0 Å². The van der Waals surface area contributed by atoms with Crippen LogP contribution in [0.2, 0.25) is 5.02 Å². The SMILES string of the molecule is Cc1ncc(Cl)c(C(=O)N2CCOc3ncccc32)n1. The molecule has 0 aromatic carbocycles. The van der Waals surface area contributed by atoms with E-state index in [1.165, 1.54) is 6.20 Å². The van der Waals surface area contributed by atoms with Gasteiger partial charge in [-0.1, -0.05) is 11.6 Å². The number of ether oxygens (including phenoxy) is 1. The minimum absolute atomic E-state index is 0.191. The summed E-state index contributed by atoms with van der Waals surface area (Å²) >= 11 is 6.02. The first-order valence-electron chi connectivity index (χ1n) is 6.05. The van der Waals surface area contributed by atoms with Crippen LogP contribution in [0.5, 0.6) is 5.88 Å². The third-order valence-corrected chi connectivity index (χ3v) is 3.18. The molecule has 2 aromatic heterocycles. The lowest BCUT2D eigenvalue weighted by molar-refractivity contribution is 0.0970. The van der Waals surface area contributed by atoms with E-state index in [0.717, 1.165) is 0 Å². The number of fused-ring (bicyclic) bond motifs is 1. The Kier molecular flexibility index (Phi) is 3.23. The highest BCUT2D eigenvalue weighted by Crippen LogP contribution is 2.30. The van der Waals surface area contributed by atoms with Crippen molar-refractivity contribution >= 4 is 23.2 Å². The van der Waals surface area contributed by atoms with Gasteiger partial charge in [-0.25, -0.2) is 15.0 Å². The van der Waals surface area contributed by atoms with Crippen molar-refractivity contribution < 1.29 is 9.53 Å². The molecule has 2 aromatic rings. The number of amides is 1. The maximum atomic E-state index is 12.6. The molecular formula is C13H11ClN4O2. The zero-order valence-electron chi connectivity index (χ0n) is 10.7. The van der Waals surface area contributed by atoms with Gasteiger partial charge in [-0.05, 0) is 19.1 Å². The molecule has 0 bridgehead atoms. The molecule has 0 unspecified atom stereocenters. The van der Waals surface area contributed by atoms with Crippen LogP contribution >= 0.6 is 11.6 Å². The fraction of sp³-hybridized carbons (Fsp3) is 0.231. The number of carbonyl (C=O) groups is 1. The monoisotopic (exact) mass is 290 g/mol. The van der Waals surface area contributed by atoms with Crippen molar-refractivity contribution in [3.05, 3.63) is 41.1 Å². The Bertz CT molecular complexity index is 677. The van der Waals surface area contributed by atoms with E-state index in [4.69, 9.17) is 16.3 Å². The van der Waals surface area contributed by atoms with E-state index in [-0.39, 0.29) is 16.6 Å². The molecule has 1 amide bonds. The Morgan fingerprint density at radius 2 is 2.30 bits per heavy atom. The Balaban J connectivity index is 2.02. The number of aryl methyl sites for hydroxylation is 1. The van der Waals surface area contributed by atoms with Crippen molar-refractivity contribution in [2.24, 2.45) is 0 Å². The van der Waals surface area contributed by atoms with Crippen molar-refractivity contribution in [1.82, 2.24) is 15.0 Å². The minimum Gasteiger partial charge on any atom is -0.474 e. The summed E-state index contributed by atoms with van der Waals surface area (Å²) in [7, 11) is 0. The van der Waals surface area contributed by atoms with Gasteiger partial charge < -0.3 is 4.74 Å². The number of hydrogen-bond acceptors (Lipinski definition) is 5. The van der Waals surface area contributed by atoms with Crippen molar-refractivity contribution in [3.8, 4) is 5.88 Å². The largest absolute Gasteiger partial charge is 0.474 e. The second-order valence-electron chi connectivity index (χ2n) is 4.25. The topological polar surface area (TPSA) is 68.2 Å². The van der Waals surface area contributed by atoms with E-state index in [1.54, 1.807) is 30.2 Å². The van der Waals surface area contributed by atoms with Crippen molar-refractivity contribution in [1.29, 1.82) is 0 Å². The van der Waals surface area contributed by atoms with Gasteiger partial charge in [0.2, 0.25) is 5.88 Å². The molecule has 0 spiro atoms. The number of nitrogens with zero attached hydrogens (tertiary/aromatic N) is 4. The van der Waals surface area contributed by atoms with E-state index in [9.17, 15) is 4.79 Å². The molecule has 0 fully saturated rings. The predicted octanol–water partition coefficient (Wildman–Crippen LogP) is 1.87. The Morgan fingerprint density at radius 1 is 1.45 bits per heavy atom. The number of hydrogen-bond donors (Lipinski definition) is 0. The van der Waals surface area contributed by atoms with Gasteiger partial charge in [0.25, 0.3) is 5.91 Å². The van der Waals surface area contributed by atoms with E-state index >= 15 is 0 Å². The highest BCUT2D eigenvalue weighted by Gasteiger charge is 2.27. The maximum absolute atomic E-state index is 12.6. The maximum Gasteiger partial charge on any atom is 0.278 e. The van der Waals surface area contributed by atoms with Gasteiger partial charge >= 0.3 is 0 Å². The molecule has 0 saturated heterocycles. The number of pyridine rings is 1. The third kappa shape index (κ3) is 2.18. The van der Waals surface area contributed by atoms with Crippen LogP contribution in [0, 0.1) is 6.92 Å². The first-order valence-corrected chi connectivity index (χ1v) is 6.43. The van der Waals surface area contributed by atoms with Crippen LogP contribution in [0.3, 0.4) is 0 Å². The molecule has 0 aliphatic carbocycles. The van der Waals surface area contributed by atoms with Crippen molar-refractivity contribution in [3.63, 3.8) is 0 Å². The summed E-state index contributed by atoms with van der Waals surface area (Å²) < 4.78 is 5.42. The van der Waals surface area contributed by atoms with Crippen LogP contribution in [0.1, 0.15) is 16.3 Å². The molecule has 1 aliphatic rings. The number of aromatic nitrogens is 3. The Hall–Kier alpha value is -2.21. The summed E-state index contributed by atoms with van der Waals surface area (Å²) in [5.74, 6) is 0.657. The first kappa shape index (κ1) is 12.8. The van der Waals surface area contributed by atoms with Gasteiger partial charge in [0.1, 0.15) is 18.1 Å². The molecule has 6 nitrogen and oxygen atoms in total. The van der Waals surface area contributed by atoms with Gasteiger partial charge in [-0.15, -0.1) is 0 Å². The number of halogens is 1. The lowest BCUT2D eigenvalue weighted by atomic mass is 10.2. The zero-order valence-corrected chi connectivity index (χ0v) is 11.5. The van der Waals surface area contributed by atoms with Gasteiger partial charge in [-0.2, -0.15) is 0 Å². The second-order valence-corrected chi connectivity index (χ2v) is 4.65. The molecule has 0 radical (unpaired) electrons. The average Bonchev–Trinajstić information content (AvgIpc) is 2.48. The minimum atomic E-state index is -0.280. The second kappa shape index (κ2) is 5.05. The molecule has 0 N–H and O–H groups in total. The Labute approximate surface area is 120 Å². The van der Waals surface area contributed by atoms with E-state index < -0.39 is 0 Å². The first-order chi connectivity index (χ1) is 9.66. The highest BCUT2D eigenvalue weighted by molar-refractivity contribution is 6.34. The van der Waals surface area contributed by atoms with Crippen LogP contribution < -0.4 is 9.64 Å². The quantitative estimate of drug-likeness (QED) is 0.802. The standard InChI is InChI=1S/C13H11ClN4O2/c1-8-16-7-9(14)11(17-8)13(19)18-5-6-20-12-10(18)3-2-4-15-12/h2-4,7H,5-6H2,1H3. The zero-order chi connectivity index (χ0) is 14.1. The summed E-state index contributed by atoms with van der Waals surface area (Å²) in [6, 6.07) is 3.53. The summed E-state index contributed by atoms with van der Waals surface area (Å²) in [5.41, 5.74) is 0.812. The van der Waals surface area contributed by atoms with Crippen molar-refractivity contribution in [2.75, 3.05) is 18.1 Å². The van der Waals surface area contributed by atoms with Crippen molar-refractivity contribution in [2.45, 2.75) is 6.92 Å². The van der Waals surface area contributed by atoms with Gasteiger partial charge in [0.05, 0.1) is 17.8 Å². The van der Waals surface area contributed by atoms with Gasteiger partial charge in [0, 0.05) is 6.20 Å². The summed E-state index contributed by atoms with van der Waals surface area (Å²) in [6.45, 7) is 2.52. The molecule has 20 heavy (non-hydrogen) atoms. The number of anilines is 1. The highest BCUT2D eigenvalue weighted by atomic mass is 35.5. The van der Waals surface area contributed by atoms with E-state index in [1.807, 2.05) is 0 Å². The molecule has 102 valence electrons. The third-order valence-electron chi connectivity index (χ3n) is 2.91. The van der Waals surface area contributed by atoms with E-state index in [0.29, 0.717) is 30.5 Å². The fourth-order valence-corrected chi connectivity index (χ4v) is 2.17. The van der Waals surface area contributed by atoms with E-state index in [2.05, 4.69) is 15.0 Å². The molecule has 3 heterocycles. The van der Waals surface area contributed by atoms with Gasteiger partial charge in [-0.3, -0.25) is 9.69 Å². The summed E-state index contributed by atoms with van der Waals surface area (Å²) in [5, 5.41) is 0.234. The molecule has 1 aliphatic heterocycles. The molecule has 0 saturated carbocycles. The lowest BCUT2D eigenvalue weighted by Crippen LogP contribution is -2.38. The molecule has 0 atom stereocenters. The van der Waals surface area contributed by atoms with Crippen LogP contribution in [0.4, 0.5) is 5.69 Å².